The number of hydrogen-bond donors (Lipinski definition) is 1. The van der Waals surface area contributed by atoms with E-state index in [4.69, 9.17) is 5.11 Å². The van der Waals surface area contributed by atoms with Crippen LogP contribution in [0.1, 0.15) is 16.8 Å². The van der Waals surface area contributed by atoms with E-state index in [-0.39, 0.29) is 12.3 Å². The number of halogens is 6. The molecule has 1 rings (SSSR count). The van der Waals surface area contributed by atoms with Crippen molar-refractivity contribution in [3.8, 4) is 0 Å². The van der Waals surface area contributed by atoms with Crippen molar-refractivity contribution in [2.45, 2.75) is 18.8 Å². The zero-order valence-electron chi connectivity index (χ0n) is 8.43. The SMILES string of the molecule is O=C(O)Cc1cnc(C(F)(F)F)cc1C(F)(F)F. The Balaban J connectivity index is 3.34. The van der Waals surface area contributed by atoms with Gasteiger partial charge in [0.25, 0.3) is 0 Å². The van der Waals surface area contributed by atoms with Gasteiger partial charge in [-0.3, -0.25) is 9.78 Å². The molecular weight excluding hydrogens is 268 g/mol. The van der Waals surface area contributed by atoms with Gasteiger partial charge in [-0.05, 0) is 11.6 Å². The monoisotopic (exact) mass is 273 g/mol. The van der Waals surface area contributed by atoms with Gasteiger partial charge in [-0.1, -0.05) is 0 Å². The van der Waals surface area contributed by atoms with Crippen LogP contribution in [0.2, 0.25) is 0 Å². The topological polar surface area (TPSA) is 50.2 Å². The lowest BCUT2D eigenvalue weighted by atomic mass is 10.1. The van der Waals surface area contributed by atoms with Crippen LogP contribution in [0.3, 0.4) is 0 Å². The molecule has 0 atom stereocenters. The summed E-state index contributed by atoms with van der Waals surface area (Å²) in [6.45, 7) is 0. The highest BCUT2D eigenvalue weighted by Crippen LogP contribution is 2.36. The first kappa shape index (κ1) is 14.3. The average molecular weight is 273 g/mol. The van der Waals surface area contributed by atoms with E-state index in [9.17, 15) is 31.1 Å². The normalized spacial score (nSPS) is 12.6. The highest BCUT2D eigenvalue weighted by Gasteiger charge is 2.39. The van der Waals surface area contributed by atoms with E-state index >= 15 is 0 Å². The molecule has 100 valence electrons. The van der Waals surface area contributed by atoms with Crippen LogP contribution in [0.5, 0.6) is 0 Å². The van der Waals surface area contributed by atoms with E-state index in [2.05, 4.69) is 4.98 Å². The van der Waals surface area contributed by atoms with E-state index < -0.39 is 41.6 Å². The standard InChI is InChI=1S/C9H5F6NO2/c10-8(11,12)5-2-6(9(13,14)15)16-3-4(5)1-7(17)18/h2-3H,1H2,(H,17,18). The summed E-state index contributed by atoms with van der Waals surface area (Å²) in [5, 5.41) is 8.37. The smallest absolute Gasteiger partial charge is 0.433 e. The maximum absolute atomic E-state index is 12.5. The molecule has 0 fully saturated rings. The molecule has 0 aliphatic rings. The van der Waals surface area contributed by atoms with Gasteiger partial charge < -0.3 is 5.11 Å². The quantitative estimate of drug-likeness (QED) is 0.843. The summed E-state index contributed by atoms with van der Waals surface area (Å²) in [5.41, 5.74) is -4.18. The predicted molar refractivity (Wildman–Crippen MR) is 45.6 cm³/mol. The van der Waals surface area contributed by atoms with E-state index in [1.165, 1.54) is 0 Å². The maximum Gasteiger partial charge on any atom is 0.433 e. The Labute approximate surface area is 96.1 Å². The molecule has 1 aromatic rings. The van der Waals surface area contributed by atoms with Crippen LogP contribution in [-0.2, 0) is 23.6 Å². The summed E-state index contributed by atoms with van der Waals surface area (Å²) in [4.78, 5) is 13.1. The molecule has 0 spiro atoms. The van der Waals surface area contributed by atoms with Crippen LogP contribution in [0.25, 0.3) is 0 Å². The summed E-state index contributed by atoms with van der Waals surface area (Å²) in [7, 11) is 0. The Morgan fingerprint density at radius 1 is 1.17 bits per heavy atom. The average Bonchev–Trinajstić information content (AvgIpc) is 2.13. The number of alkyl halides is 6. The Kier molecular flexibility index (Phi) is 3.54. The van der Waals surface area contributed by atoms with E-state index in [1.807, 2.05) is 0 Å². The molecule has 0 amide bonds. The Bertz CT molecular complexity index is 465. The number of carboxylic acid groups (broad SMARTS) is 1. The Hall–Kier alpha value is -1.80. The van der Waals surface area contributed by atoms with Gasteiger partial charge in [-0.15, -0.1) is 0 Å². The third-order valence-electron chi connectivity index (χ3n) is 1.92. The summed E-state index contributed by atoms with van der Waals surface area (Å²) in [5.74, 6) is -1.60. The second-order valence-electron chi connectivity index (χ2n) is 3.29. The largest absolute Gasteiger partial charge is 0.481 e. The van der Waals surface area contributed by atoms with Gasteiger partial charge in [0, 0.05) is 6.20 Å². The molecule has 0 unspecified atom stereocenters. The minimum Gasteiger partial charge on any atom is -0.481 e. The first-order valence-electron chi connectivity index (χ1n) is 4.37. The number of hydrogen-bond acceptors (Lipinski definition) is 2. The Morgan fingerprint density at radius 2 is 1.72 bits per heavy atom. The van der Waals surface area contributed by atoms with Gasteiger partial charge in [-0.2, -0.15) is 26.3 Å². The number of carbonyl (C=O) groups is 1. The molecule has 0 aromatic carbocycles. The van der Waals surface area contributed by atoms with Crippen molar-refractivity contribution in [3.05, 3.63) is 29.1 Å². The van der Waals surface area contributed by atoms with Crippen molar-refractivity contribution >= 4 is 5.97 Å². The van der Waals surface area contributed by atoms with E-state index in [1.54, 1.807) is 0 Å². The minimum absolute atomic E-state index is 0.196. The fourth-order valence-electron chi connectivity index (χ4n) is 1.21. The van der Waals surface area contributed by atoms with Crippen LogP contribution in [0.15, 0.2) is 12.3 Å². The molecule has 0 bridgehead atoms. The fraction of sp³-hybridized carbons (Fsp3) is 0.333. The minimum atomic E-state index is -5.08. The summed E-state index contributed by atoms with van der Waals surface area (Å²) in [6, 6.07) is -0.196. The lowest BCUT2D eigenvalue weighted by molar-refractivity contribution is -0.145. The summed E-state index contributed by atoms with van der Waals surface area (Å²) in [6.07, 6.45) is -10.9. The van der Waals surface area contributed by atoms with Crippen molar-refractivity contribution in [3.63, 3.8) is 0 Å². The second-order valence-corrected chi connectivity index (χ2v) is 3.29. The van der Waals surface area contributed by atoms with Crippen LogP contribution in [-0.4, -0.2) is 16.1 Å². The van der Waals surface area contributed by atoms with Crippen LogP contribution >= 0.6 is 0 Å². The van der Waals surface area contributed by atoms with Crippen molar-refractivity contribution in [1.29, 1.82) is 0 Å². The van der Waals surface area contributed by atoms with Crippen LogP contribution in [0, 0.1) is 0 Å². The zero-order chi connectivity index (χ0) is 14.1. The van der Waals surface area contributed by atoms with E-state index in [0.717, 1.165) is 0 Å². The lowest BCUT2D eigenvalue weighted by Crippen LogP contribution is -2.17. The molecule has 9 heteroatoms. The molecule has 18 heavy (non-hydrogen) atoms. The van der Waals surface area contributed by atoms with Gasteiger partial charge in [-0.25, -0.2) is 0 Å². The van der Waals surface area contributed by atoms with Crippen molar-refractivity contribution in [2.24, 2.45) is 0 Å². The van der Waals surface area contributed by atoms with Crippen molar-refractivity contribution in [2.75, 3.05) is 0 Å². The molecule has 1 aromatic heterocycles. The molecule has 0 saturated heterocycles. The molecule has 0 saturated carbocycles. The maximum atomic E-state index is 12.5. The number of rotatable bonds is 2. The number of nitrogens with zero attached hydrogens (tertiary/aromatic N) is 1. The van der Waals surface area contributed by atoms with Gasteiger partial charge in [0.05, 0.1) is 12.0 Å². The van der Waals surface area contributed by atoms with Crippen molar-refractivity contribution in [1.82, 2.24) is 4.98 Å². The van der Waals surface area contributed by atoms with Gasteiger partial charge in [0.1, 0.15) is 5.69 Å². The number of aromatic nitrogens is 1. The summed E-state index contributed by atoms with van der Waals surface area (Å²) >= 11 is 0. The van der Waals surface area contributed by atoms with Gasteiger partial charge >= 0.3 is 18.3 Å². The molecular formula is C9H5F6NO2. The zero-order valence-corrected chi connectivity index (χ0v) is 8.43. The Morgan fingerprint density at radius 3 is 2.11 bits per heavy atom. The molecule has 1 heterocycles. The summed E-state index contributed by atoms with van der Waals surface area (Å²) < 4.78 is 74.0. The second kappa shape index (κ2) is 4.46. The van der Waals surface area contributed by atoms with Gasteiger partial charge in [0.15, 0.2) is 0 Å². The van der Waals surface area contributed by atoms with Gasteiger partial charge in [0.2, 0.25) is 0 Å². The molecule has 1 N–H and O–H groups in total. The third-order valence-corrected chi connectivity index (χ3v) is 1.92. The van der Waals surface area contributed by atoms with Crippen LogP contribution < -0.4 is 0 Å². The first-order chi connectivity index (χ1) is 8.01. The first-order valence-corrected chi connectivity index (χ1v) is 4.37. The number of carboxylic acids is 1. The lowest BCUT2D eigenvalue weighted by Gasteiger charge is -2.14. The fourth-order valence-corrected chi connectivity index (χ4v) is 1.21. The molecule has 3 nitrogen and oxygen atoms in total. The third kappa shape index (κ3) is 3.34. The molecule has 0 aliphatic carbocycles. The van der Waals surface area contributed by atoms with Crippen LogP contribution in [0.4, 0.5) is 26.3 Å². The number of pyridine rings is 1. The number of aliphatic carboxylic acids is 1. The predicted octanol–water partition coefficient (Wildman–Crippen LogP) is 2.75. The highest BCUT2D eigenvalue weighted by atomic mass is 19.4. The van der Waals surface area contributed by atoms with E-state index in [0.29, 0.717) is 0 Å². The van der Waals surface area contributed by atoms with Crippen molar-refractivity contribution < 1.29 is 36.2 Å². The molecule has 0 aliphatic heterocycles. The highest BCUT2D eigenvalue weighted by molar-refractivity contribution is 5.70. The molecule has 0 radical (unpaired) electrons.